The topological polar surface area (TPSA) is 58.6 Å². The monoisotopic (exact) mass is 482 g/mol. The van der Waals surface area contributed by atoms with Crippen molar-refractivity contribution in [3.63, 3.8) is 0 Å². The molecule has 1 aromatic heterocycles. The first kappa shape index (κ1) is 21.8. The van der Waals surface area contributed by atoms with Crippen molar-refractivity contribution >= 4 is 52.2 Å². The predicted octanol–water partition coefficient (Wildman–Crippen LogP) is 6.04. The zero-order valence-corrected chi connectivity index (χ0v) is 19.4. The van der Waals surface area contributed by atoms with Gasteiger partial charge in [0.25, 0.3) is 11.8 Å². The van der Waals surface area contributed by atoms with Crippen molar-refractivity contribution in [2.75, 3.05) is 4.90 Å². The van der Waals surface area contributed by atoms with Crippen molar-refractivity contribution in [3.8, 4) is 21.9 Å². The number of hydrogen-bond donors (Lipinski definition) is 1. The summed E-state index contributed by atoms with van der Waals surface area (Å²) in [4.78, 5) is 28.3. The molecular weight excluding hydrogens is 464 g/mol. The minimum absolute atomic E-state index is 0.0158. The van der Waals surface area contributed by atoms with Crippen LogP contribution in [0.15, 0.2) is 102 Å². The summed E-state index contributed by atoms with van der Waals surface area (Å²) in [5, 5.41) is 4.68. The molecular formula is C27H18N2O3S2. The summed E-state index contributed by atoms with van der Waals surface area (Å²) < 4.78 is 5.81. The maximum absolute atomic E-state index is 13.3. The molecule has 0 spiro atoms. The van der Waals surface area contributed by atoms with Crippen molar-refractivity contribution in [2.24, 2.45) is 0 Å². The average Bonchev–Trinajstić information content (AvgIpc) is 3.39. The first-order valence-corrected chi connectivity index (χ1v) is 11.8. The van der Waals surface area contributed by atoms with Crippen LogP contribution in [0.3, 0.4) is 0 Å². The number of anilines is 1. The number of para-hydroxylation sites is 1. The Morgan fingerprint density at radius 3 is 2.21 bits per heavy atom. The van der Waals surface area contributed by atoms with E-state index in [2.05, 4.69) is 5.32 Å². The molecule has 0 bridgehead atoms. The molecule has 34 heavy (non-hydrogen) atoms. The van der Waals surface area contributed by atoms with E-state index in [1.165, 1.54) is 4.90 Å². The number of rotatable bonds is 5. The van der Waals surface area contributed by atoms with Crippen LogP contribution in [0.2, 0.25) is 0 Å². The highest BCUT2D eigenvalue weighted by Gasteiger charge is 2.34. The zero-order valence-electron chi connectivity index (χ0n) is 17.8. The molecule has 1 saturated heterocycles. The van der Waals surface area contributed by atoms with Gasteiger partial charge in [-0.15, -0.1) is 11.3 Å². The second kappa shape index (κ2) is 9.43. The van der Waals surface area contributed by atoms with E-state index in [-0.39, 0.29) is 10.7 Å². The van der Waals surface area contributed by atoms with Gasteiger partial charge < -0.3 is 4.74 Å². The fraction of sp³-hybridized carbons (Fsp3) is 0. The highest BCUT2D eigenvalue weighted by molar-refractivity contribution is 7.80. The molecule has 1 fully saturated rings. The van der Waals surface area contributed by atoms with Crippen LogP contribution in [0.25, 0.3) is 16.5 Å². The van der Waals surface area contributed by atoms with Gasteiger partial charge in [-0.2, -0.15) is 0 Å². The number of benzene rings is 3. The van der Waals surface area contributed by atoms with Gasteiger partial charge in [0.1, 0.15) is 17.1 Å². The van der Waals surface area contributed by atoms with Crippen molar-refractivity contribution in [3.05, 3.63) is 108 Å². The fourth-order valence-electron chi connectivity index (χ4n) is 3.53. The summed E-state index contributed by atoms with van der Waals surface area (Å²) in [5.74, 6) is 0.337. The molecule has 0 aliphatic carbocycles. The Hall–Kier alpha value is -4.07. The molecule has 5 nitrogen and oxygen atoms in total. The van der Waals surface area contributed by atoms with Gasteiger partial charge in [-0.3, -0.25) is 19.8 Å². The maximum Gasteiger partial charge on any atom is 0.270 e. The average molecular weight is 483 g/mol. The third-order valence-electron chi connectivity index (χ3n) is 5.20. The van der Waals surface area contributed by atoms with Crippen molar-refractivity contribution in [1.82, 2.24) is 5.32 Å². The van der Waals surface area contributed by atoms with Gasteiger partial charge >= 0.3 is 0 Å². The predicted molar refractivity (Wildman–Crippen MR) is 139 cm³/mol. The molecule has 2 amide bonds. The van der Waals surface area contributed by atoms with E-state index < -0.39 is 11.8 Å². The molecule has 2 heterocycles. The molecule has 1 aliphatic heterocycles. The number of nitrogens with zero attached hydrogens (tertiary/aromatic N) is 1. The number of thiocarbonyl (C=S) groups is 1. The van der Waals surface area contributed by atoms with Crippen LogP contribution < -0.4 is 15.0 Å². The van der Waals surface area contributed by atoms with Crippen LogP contribution in [0.1, 0.15) is 5.56 Å². The maximum atomic E-state index is 13.3. The molecule has 0 unspecified atom stereocenters. The van der Waals surface area contributed by atoms with Crippen LogP contribution in [-0.4, -0.2) is 16.9 Å². The van der Waals surface area contributed by atoms with Crippen LogP contribution >= 0.6 is 23.6 Å². The van der Waals surface area contributed by atoms with E-state index in [1.54, 1.807) is 41.7 Å². The minimum Gasteiger partial charge on any atom is -0.457 e. The van der Waals surface area contributed by atoms with Gasteiger partial charge in [0.2, 0.25) is 0 Å². The lowest BCUT2D eigenvalue weighted by atomic mass is 10.0. The van der Waals surface area contributed by atoms with Crippen molar-refractivity contribution < 1.29 is 14.3 Å². The Morgan fingerprint density at radius 2 is 1.53 bits per heavy atom. The molecule has 4 aromatic rings. The lowest BCUT2D eigenvalue weighted by molar-refractivity contribution is -0.122. The first-order chi connectivity index (χ1) is 16.6. The highest BCUT2D eigenvalue weighted by atomic mass is 32.1. The lowest BCUT2D eigenvalue weighted by Gasteiger charge is -2.29. The van der Waals surface area contributed by atoms with Gasteiger partial charge in [-0.25, -0.2) is 0 Å². The normalized spacial score (nSPS) is 14.9. The molecule has 1 aliphatic rings. The van der Waals surface area contributed by atoms with E-state index in [1.807, 2.05) is 72.1 Å². The number of carbonyl (C=O) groups is 2. The molecule has 1 N–H and O–H groups in total. The second-order valence-corrected chi connectivity index (χ2v) is 8.80. The number of hydrogen-bond acceptors (Lipinski definition) is 5. The largest absolute Gasteiger partial charge is 0.457 e. The van der Waals surface area contributed by atoms with E-state index >= 15 is 0 Å². The van der Waals surface area contributed by atoms with E-state index in [0.29, 0.717) is 17.2 Å². The second-order valence-electron chi connectivity index (χ2n) is 7.47. The van der Waals surface area contributed by atoms with E-state index in [4.69, 9.17) is 17.0 Å². The van der Waals surface area contributed by atoms with Crippen molar-refractivity contribution in [1.29, 1.82) is 0 Å². The molecule has 7 heteroatoms. The van der Waals surface area contributed by atoms with E-state index in [0.717, 1.165) is 16.0 Å². The van der Waals surface area contributed by atoms with Gasteiger partial charge in [0.15, 0.2) is 5.11 Å². The Kier molecular flexibility index (Phi) is 6.03. The summed E-state index contributed by atoms with van der Waals surface area (Å²) in [6, 6.07) is 28.1. The van der Waals surface area contributed by atoms with Gasteiger partial charge in [-0.1, -0.05) is 48.5 Å². The third-order valence-corrected chi connectivity index (χ3v) is 6.41. The van der Waals surface area contributed by atoms with Crippen LogP contribution in [0.4, 0.5) is 5.69 Å². The number of carbonyl (C=O) groups excluding carboxylic acids is 2. The summed E-state index contributed by atoms with van der Waals surface area (Å²) in [5.41, 5.74) is 2.38. The summed E-state index contributed by atoms with van der Waals surface area (Å²) in [6.07, 6.45) is 1.58. The molecule has 0 radical (unpaired) electrons. The Balaban J connectivity index is 1.38. The Labute approximate surface area is 205 Å². The zero-order chi connectivity index (χ0) is 23.5. The minimum atomic E-state index is -0.516. The van der Waals surface area contributed by atoms with Gasteiger partial charge in [-0.05, 0) is 77.3 Å². The number of nitrogens with one attached hydrogen (secondary N) is 1. The van der Waals surface area contributed by atoms with Crippen LogP contribution in [0, 0.1) is 0 Å². The quantitative estimate of drug-likeness (QED) is 0.214. The fourth-order valence-corrected chi connectivity index (χ4v) is 4.55. The molecule has 166 valence electrons. The number of thiophene rings is 1. The summed E-state index contributed by atoms with van der Waals surface area (Å²) in [7, 11) is 0. The van der Waals surface area contributed by atoms with Gasteiger partial charge in [0.05, 0.1) is 5.69 Å². The lowest BCUT2D eigenvalue weighted by Crippen LogP contribution is -2.54. The number of amides is 2. The Morgan fingerprint density at radius 1 is 0.824 bits per heavy atom. The third kappa shape index (κ3) is 4.52. The highest BCUT2D eigenvalue weighted by Crippen LogP contribution is 2.28. The summed E-state index contributed by atoms with van der Waals surface area (Å²) in [6.45, 7) is 0. The van der Waals surface area contributed by atoms with E-state index in [9.17, 15) is 9.59 Å². The molecule has 0 atom stereocenters. The molecule has 3 aromatic carbocycles. The van der Waals surface area contributed by atoms with Crippen molar-refractivity contribution in [2.45, 2.75) is 0 Å². The molecule has 5 rings (SSSR count). The van der Waals surface area contributed by atoms with Crippen LogP contribution in [-0.2, 0) is 9.59 Å². The summed E-state index contributed by atoms with van der Waals surface area (Å²) >= 11 is 6.95. The Bertz CT molecular complexity index is 1380. The van der Waals surface area contributed by atoms with Gasteiger partial charge in [0, 0.05) is 4.88 Å². The molecule has 0 saturated carbocycles. The smallest absolute Gasteiger partial charge is 0.270 e. The standard InChI is InChI=1S/C27H18N2O3S2/c30-25-23(17-18-8-10-19(11-9-18)24-7-4-16-34-24)26(31)29(27(33)28-25)20-12-14-22(15-13-20)32-21-5-2-1-3-6-21/h1-17H,(H,28,30,33). The van der Waals surface area contributed by atoms with Crippen LogP contribution in [0.5, 0.6) is 11.5 Å². The number of ether oxygens (including phenoxy) is 1. The SMILES string of the molecule is O=C1NC(=S)N(c2ccc(Oc3ccccc3)cc2)C(=O)C1=Cc1ccc(-c2cccs2)cc1. The first-order valence-electron chi connectivity index (χ1n) is 10.5.